The number of anilines is 1. The molecule has 0 aliphatic rings. The molecule has 0 atom stereocenters. The summed E-state index contributed by atoms with van der Waals surface area (Å²) in [6.45, 7) is 2.38. The van der Waals surface area contributed by atoms with E-state index in [4.69, 9.17) is 5.73 Å². The Hall–Kier alpha value is -2.57. The molecule has 7 nitrogen and oxygen atoms in total. The lowest BCUT2D eigenvalue weighted by Crippen LogP contribution is -2.27. The van der Waals surface area contributed by atoms with Gasteiger partial charge in [-0.25, -0.2) is 4.98 Å². The first-order chi connectivity index (χ1) is 9.58. The second kappa shape index (κ2) is 6.05. The summed E-state index contributed by atoms with van der Waals surface area (Å²) in [6.07, 6.45) is 1.26. The third kappa shape index (κ3) is 3.47. The smallest absolute Gasteiger partial charge is 0.267 e. The number of rotatable bonds is 5. The first-order valence-corrected chi connectivity index (χ1v) is 6.40. The topological polar surface area (TPSA) is 117 Å². The lowest BCUT2D eigenvalue weighted by Gasteiger charge is -2.04. The van der Waals surface area contributed by atoms with E-state index in [9.17, 15) is 9.59 Å². The molecular weight excluding hydrogens is 258 g/mol. The normalized spacial score (nSPS) is 10.4. The summed E-state index contributed by atoms with van der Waals surface area (Å²) < 4.78 is 0. The predicted molar refractivity (Wildman–Crippen MR) is 75.5 cm³/mol. The van der Waals surface area contributed by atoms with Crippen molar-refractivity contribution in [2.75, 3.05) is 12.3 Å². The molecule has 0 saturated heterocycles. The summed E-state index contributed by atoms with van der Waals surface area (Å²) in [7, 11) is 0. The van der Waals surface area contributed by atoms with Gasteiger partial charge in [-0.15, -0.1) is 0 Å². The maximum Gasteiger partial charge on any atom is 0.267 e. The molecule has 0 bridgehead atoms. The average molecular weight is 275 g/mol. The largest absolute Gasteiger partial charge is 0.383 e. The van der Waals surface area contributed by atoms with Crippen molar-refractivity contribution >= 4 is 11.7 Å². The minimum Gasteiger partial charge on any atom is -0.383 e. The van der Waals surface area contributed by atoms with Crippen LogP contribution in [0.2, 0.25) is 0 Å². The van der Waals surface area contributed by atoms with Gasteiger partial charge >= 0.3 is 0 Å². The van der Waals surface area contributed by atoms with Crippen LogP contribution in [0, 0.1) is 0 Å². The van der Waals surface area contributed by atoms with Gasteiger partial charge in [-0.3, -0.25) is 9.59 Å². The Morgan fingerprint density at radius 2 is 2.20 bits per heavy atom. The second-order valence-electron chi connectivity index (χ2n) is 4.37. The molecule has 7 heteroatoms. The van der Waals surface area contributed by atoms with E-state index in [2.05, 4.69) is 20.3 Å². The molecule has 0 aliphatic heterocycles. The van der Waals surface area contributed by atoms with Crippen molar-refractivity contribution in [2.24, 2.45) is 0 Å². The van der Waals surface area contributed by atoms with Crippen LogP contribution in [0.5, 0.6) is 0 Å². The summed E-state index contributed by atoms with van der Waals surface area (Å²) in [6, 6.07) is 4.84. The molecule has 0 fully saturated rings. The molecule has 20 heavy (non-hydrogen) atoms. The van der Waals surface area contributed by atoms with Crippen molar-refractivity contribution in [2.45, 2.75) is 19.8 Å². The number of aromatic amines is 2. The van der Waals surface area contributed by atoms with Crippen molar-refractivity contribution in [1.82, 2.24) is 20.3 Å². The van der Waals surface area contributed by atoms with Gasteiger partial charge in [-0.1, -0.05) is 6.92 Å². The van der Waals surface area contributed by atoms with Crippen LogP contribution in [-0.4, -0.2) is 27.4 Å². The minimum atomic E-state index is -0.296. The average Bonchev–Trinajstić information content (AvgIpc) is 2.86. The summed E-state index contributed by atoms with van der Waals surface area (Å²) in [5.74, 6) is 0.444. The SMILES string of the molecule is CCc1ccc(C(=O)NCCc2nc(N)cc(=O)[nH]2)[nH]1. The van der Waals surface area contributed by atoms with E-state index in [0.29, 0.717) is 24.5 Å². The van der Waals surface area contributed by atoms with E-state index in [-0.39, 0.29) is 17.3 Å². The molecule has 0 radical (unpaired) electrons. The molecule has 0 aliphatic carbocycles. The lowest BCUT2D eigenvalue weighted by atomic mass is 10.3. The second-order valence-corrected chi connectivity index (χ2v) is 4.37. The lowest BCUT2D eigenvalue weighted by molar-refractivity contribution is 0.0949. The molecule has 0 spiro atoms. The van der Waals surface area contributed by atoms with Gasteiger partial charge in [0, 0.05) is 24.7 Å². The molecule has 1 amide bonds. The Bertz CT molecular complexity index is 659. The number of nitrogen functional groups attached to an aromatic ring is 1. The van der Waals surface area contributed by atoms with Crippen LogP contribution in [-0.2, 0) is 12.8 Å². The number of nitrogens with zero attached hydrogens (tertiary/aromatic N) is 1. The number of nitrogens with two attached hydrogens (primary N) is 1. The van der Waals surface area contributed by atoms with Crippen LogP contribution in [0.1, 0.15) is 28.9 Å². The van der Waals surface area contributed by atoms with Crippen LogP contribution < -0.4 is 16.6 Å². The number of H-pyrrole nitrogens is 2. The zero-order valence-electron chi connectivity index (χ0n) is 11.2. The van der Waals surface area contributed by atoms with Gasteiger partial charge in [0.25, 0.3) is 11.5 Å². The van der Waals surface area contributed by atoms with Crippen LogP contribution in [0.15, 0.2) is 23.0 Å². The van der Waals surface area contributed by atoms with Crippen molar-refractivity contribution in [3.05, 3.63) is 45.8 Å². The zero-order valence-corrected chi connectivity index (χ0v) is 11.2. The van der Waals surface area contributed by atoms with E-state index in [1.54, 1.807) is 6.07 Å². The van der Waals surface area contributed by atoms with Crippen LogP contribution in [0.3, 0.4) is 0 Å². The third-order valence-corrected chi connectivity index (χ3v) is 2.83. The monoisotopic (exact) mass is 275 g/mol. The van der Waals surface area contributed by atoms with Crippen LogP contribution >= 0.6 is 0 Å². The quantitative estimate of drug-likeness (QED) is 0.624. The Morgan fingerprint density at radius 1 is 1.40 bits per heavy atom. The standard InChI is InChI=1S/C13H17N5O2/c1-2-8-3-4-9(16-8)13(20)15-6-5-11-17-10(14)7-12(19)18-11/h3-4,7,16H,2,5-6H2,1H3,(H,15,20)(H3,14,17,18,19). The number of carbonyl (C=O) groups excluding carboxylic acids is 1. The van der Waals surface area contributed by atoms with E-state index in [1.807, 2.05) is 13.0 Å². The number of hydrogen-bond donors (Lipinski definition) is 4. The third-order valence-electron chi connectivity index (χ3n) is 2.83. The molecule has 2 rings (SSSR count). The van der Waals surface area contributed by atoms with E-state index < -0.39 is 0 Å². The van der Waals surface area contributed by atoms with Crippen molar-refractivity contribution in [3.8, 4) is 0 Å². The Kier molecular flexibility index (Phi) is 4.19. The molecule has 0 unspecified atom stereocenters. The fourth-order valence-electron chi connectivity index (χ4n) is 1.82. The maximum absolute atomic E-state index is 11.8. The zero-order chi connectivity index (χ0) is 14.5. The summed E-state index contributed by atoms with van der Waals surface area (Å²) >= 11 is 0. The fourth-order valence-corrected chi connectivity index (χ4v) is 1.82. The summed E-state index contributed by atoms with van der Waals surface area (Å²) in [5.41, 5.74) is 6.72. The highest BCUT2D eigenvalue weighted by atomic mass is 16.2. The van der Waals surface area contributed by atoms with E-state index in [0.717, 1.165) is 12.1 Å². The van der Waals surface area contributed by atoms with Crippen molar-refractivity contribution < 1.29 is 4.79 Å². The van der Waals surface area contributed by atoms with Crippen molar-refractivity contribution in [3.63, 3.8) is 0 Å². The highest BCUT2D eigenvalue weighted by Crippen LogP contribution is 2.02. The first kappa shape index (κ1) is 13.9. The Labute approximate surface area is 115 Å². The van der Waals surface area contributed by atoms with Gasteiger partial charge in [0.05, 0.1) is 0 Å². The van der Waals surface area contributed by atoms with Crippen molar-refractivity contribution in [1.29, 1.82) is 0 Å². The number of carbonyl (C=O) groups is 1. The number of aromatic nitrogens is 3. The Morgan fingerprint density at radius 3 is 2.85 bits per heavy atom. The van der Waals surface area contributed by atoms with Gasteiger partial charge in [0.15, 0.2) is 0 Å². The molecule has 2 aromatic rings. The van der Waals surface area contributed by atoms with Crippen LogP contribution in [0.25, 0.3) is 0 Å². The molecule has 2 heterocycles. The number of aryl methyl sites for hydroxylation is 1. The molecular formula is C13H17N5O2. The molecule has 5 N–H and O–H groups in total. The summed E-state index contributed by atoms with van der Waals surface area (Å²) in [5, 5.41) is 2.75. The highest BCUT2D eigenvalue weighted by Gasteiger charge is 2.07. The molecule has 106 valence electrons. The number of nitrogens with one attached hydrogen (secondary N) is 3. The minimum absolute atomic E-state index is 0.173. The van der Waals surface area contributed by atoms with Gasteiger partial charge in [-0.05, 0) is 18.6 Å². The summed E-state index contributed by atoms with van der Waals surface area (Å²) in [4.78, 5) is 32.6. The highest BCUT2D eigenvalue weighted by molar-refractivity contribution is 5.92. The first-order valence-electron chi connectivity index (χ1n) is 6.40. The molecule has 0 aromatic carbocycles. The number of amides is 1. The number of hydrogen-bond acceptors (Lipinski definition) is 4. The van der Waals surface area contributed by atoms with Gasteiger partial charge in [0.1, 0.15) is 17.3 Å². The maximum atomic E-state index is 11.8. The Balaban J connectivity index is 1.89. The van der Waals surface area contributed by atoms with Gasteiger partial charge in [0.2, 0.25) is 0 Å². The molecule has 2 aromatic heterocycles. The fraction of sp³-hybridized carbons (Fsp3) is 0.308. The van der Waals surface area contributed by atoms with Gasteiger partial charge in [-0.2, -0.15) is 0 Å². The van der Waals surface area contributed by atoms with Gasteiger partial charge < -0.3 is 21.0 Å². The van der Waals surface area contributed by atoms with Crippen LogP contribution in [0.4, 0.5) is 5.82 Å². The van der Waals surface area contributed by atoms with E-state index in [1.165, 1.54) is 6.07 Å². The molecule has 0 saturated carbocycles. The van der Waals surface area contributed by atoms with E-state index >= 15 is 0 Å². The predicted octanol–water partition coefficient (Wildman–Crippen LogP) is 0.215.